The average Bonchev–Trinajstić information content (AvgIpc) is 2.50. The van der Waals surface area contributed by atoms with Crippen molar-refractivity contribution in [1.82, 2.24) is 19.9 Å². The number of fused-ring (bicyclic) bond motifs is 2. The summed E-state index contributed by atoms with van der Waals surface area (Å²) in [4.78, 5) is 29.4. The van der Waals surface area contributed by atoms with Gasteiger partial charge in [0.05, 0.1) is 10.4 Å². The molecule has 1 aromatic carbocycles. The molecule has 0 fully saturated rings. The smallest absolute Gasteiger partial charge is 0.308 e. The summed E-state index contributed by atoms with van der Waals surface area (Å²) < 4.78 is 0. The molecule has 0 saturated heterocycles. The number of hydrogen-bond donors (Lipinski definition) is 0. The van der Waals surface area contributed by atoms with E-state index >= 15 is 0 Å². The Balaban J connectivity index is 2.36. The highest BCUT2D eigenvalue weighted by atomic mass is 16.6. The Labute approximate surface area is 116 Å². The van der Waals surface area contributed by atoms with E-state index in [0.29, 0.717) is 5.52 Å². The van der Waals surface area contributed by atoms with Crippen molar-refractivity contribution in [1.29, 1.82) is 5.26 Å². The van der Waals surface area contributed by atoms with Gasteiger partial charge in [-0.3, -0.25) is 10.1 Å². The van der Waals surface area contributed by atoms with E-state index in [1.165, 1.54) is 18.2 Å². The van der Waals surface area contributed by atoms with Crippen LogP contribution in [0.4, 0.5) is 11.5 Å². The van der Waals surface area contributed by atoms with Crippen LogP contribution in [0.3, 0.4) is 0 Å². The maximum absolute atomic E-state index is 10.7. The third-order valence-electron chi connectivity index (χ3n) is 2.68. The van der Waals surface area contributed by atoms with E-state index in [4.69, 9.17) is 11.8 Å². The lowest BCUT2D eigenvalue weighted by Gasteiger charge is -1.99. The first kappa shape index (κ1) is 12.3. The van der Waals surface area contributed by atoms with Gasteiger partial charge in [-0.2, -0.15) is 5.26 Å². The molecule has 0 spiro atoms. The summed E-state index contributed by atoms with van der Waals surface area (Å²) in [6.45, 7) is 6.95. The van der Waals surface area contributed by atoms with E-state index in [1.54, 1.807) is 6.07 Å². The second-order valence-corrected chi connectivity index (χ2v) is 3.92. The van der Waals surface area contributed by atoms with Gasteiger partial charge >= 0.3 is 5.82 Å². The van der Waals surface area contributed by atoms with Gasteiger partial charge in [-0.1, -0.05) is 11.6 Å². The molecule has 0 atom stereocenters. The van der Waals surface area contributed by atoms with Gasteiger partial charge in [0.2, 0.25) is 5.65 Å². The average molecular weight is 277 g/mol. The summed E-state index contributed by atoms with van der Waals surface area (Å²) in [5, 5.41) is 19.6. The van der Waals surface area contributed by atoms with Crippen LogP contribution in [0.25, 0.3) is 27.2 Å². The fourth-order valence-electron chi connectivity index (χ4n) is 1.75. The largest absolute Gasteiger partial charge is 0.358 e. The minimum Gasteiger partial charge on any atom is -0.358 e. The second kappa shape index (κ2) is 4.43. The van der Waals surface area contributed by atoms with Crippen molar-refractivity contribution in [2.24, 2.45) is 0 Å². The SMILES string of the molecule is [C-]#[N+]c1nc2nc3cc([N+](=O)[O-])ccc3nc2nc1C#N. The first-order chi connectivity index (χ1) is 10.1. The van der Waals surface area contributed by atoms with Gasteiger partial charge < -0.3 is 4.85 Å². The molecule has 9 nitrogen and oxygen atoms in total. The van der Waals surface area contributed by atoms with E-state index < -0.39 is 4.92 Å². The zero-order valence-electron chi connectivity index (χ0n) is 10.2. The summed E-state index contributed by atoms with van der Waals surface area (Å²) in [6.07, 6.45) is 0. The van der Waals surface area contributed by atoms with E-state index in [-0.39, 0.29) is 34.0 Å². The van der Waals surface area contributed by atoms with E-state index in [2.05, 4.69) is 24.8 Å². The predicted octanol–water partition coefficient (Wildman–Crippen LogP) is 1.90. The molecule has 9 heteroatoms. The van der Waals surface area contributed by atoms with Crippen LogP contribution < -0.4 is 0 Å². The third kappa shape index (κ3) is 1.95. The first-order valence-electron chi connectivity index (χ1n) is 5.54. The molecule has 0 amide bonds. The molecule has 98 valence electrons. The van der Waals surface area contributed by atoms with Crippen LogP contribution in [0.5, 0.6) is 0 Å². The van der Waals surface area contributed by atoms with Gasteiger partial charge in [-0.15, -0.1) is 0 Å². The maximum atomic E-state index is 10.7. The summed E-state index contributed by atoms with van der Waals surface area (Å²) >= 11 is 0. The molecule has 0 unspecified atom stereocenters. The number of nitriles is 1. The van der Waals surface area contributed by atoms with Crippen LogP contribution in [0.2, 0.25) is 0 Å². The summed E-state index contributed by atoms with van der Waals surface area (Å²) in [5.41, 5.74) is 0.581. The van der Waals surface area contributed by atoms with Crippen LogP contribution in [0, 0.1) is 28.0 Å². The number of nitro groups is 1. The first-order valence-corrected chi connectivity index (χ1v) is 5.54. The zero-order valence-corrected chi connectivity index (χ0v) is 10.2. The minimum atomic E-state index is -0.541. The van der Waals surface area contributed by atoms with Gasteiger partial charge in [0, 0.05) is 12.1 Å². The highest BCUT2D eigenvalue weighted by molar-refractivity contribution is 5.84. The van der Waals surface area contributed by atoms with Gasteiger partial charge in [0.15, 0.2) is 5.69 Å². The quantitative estimate of drug-likeness (QED) is 0.288. The van der Waals surface area contributed by atoms with Crippen molar-refractivity contribution in [2.45, 2.75) is 0 Å². The fourth-order valence-corrected chi connectivity index (χ4v) is 1.75. The molecule has 3 aromatic rings. The highest BCUT2D eigenvalue weighted by Crippen LogP contribution is 2.22. The van der Waals surface area contributed by atoms with Crippen molar-refractivity contribution in [3.8, 4) is 6.07 Å². The summed E-state index contributed by atoms with van der Waals surface area (Å²) in [6, 6.07) is 5.77. The third-order valence-corrected chi connectivity index (χ3v) is 2.68. The van der Waals surface area contributed by atoms with Gasteiger partial charge in [0.1, 0.15) is 11.6 Å². The van der Waals surface area contributed by atoms with Crippen LogP contribution in [0.1, 0.15) is 5.69 Å². The monoisotopic (exact) mass is 277 g/mol. The van der Waals surface area contributed by atoms with Crippen molar-refractivity contribution < 1.29 is 4.92 Å². The zero-order chi connectivity index (χ0) is 15.0. The van der Waals surface area contributed by atoms with Crippen LogP contribution >= 0.6 is 0 Å². The number of non-ortho nitro benzene ring substituents is 1. The van der Waals surface area contributed by atoms with E-state index in [0.717, 1.165) is 0 Å². The topological polar surface area (TPSA) is 123 Å². The van der Waals surface area contributed by atoms with Gasteiger partial charge in [-0.05, 0) is 6.07 Å². The molecule has 0 aliphatic rings. The highest BCUT2D eigenvalue weighted by Gasteiger charge is 2.15. The van der Waals surface area contributed by atoms with Crippen molar-refractivity contribution in [3.63, 3.8) is 0 Å². The molecule has 0 aliphatic heterocycles. The lowest BCUT2D eigenvalue weighted by atomic mass is 10.2. The maximum Gasteiger partial charge on any atom is 0.308 e. The summed E-state index contributed by atoms with van der Waals surface area (Å²) in [7, 11) is 0. The Hall–Kier alpha value is -3.72. The van der Waals surface area contributed by atoms with Crippen molar-refractivity contribution >= 4 is 33.8 Å². The Morgan fingerprint density at radius 1 is 1.19 bits per heavy atom. The Morgan fingerprint density at radius 3 is 2.57 bits per heavy atom. The number of nitrogens with zero attached hydrogens (tertiary/aromatic N) is 7. The minimum absolute atomic E-state index is 0.0630. The van der Waals surface area contributed by atoms with Crippen molar-refractivity contribution in [3.05, 3.63) is 45.4 Å². The standard InChI is InChI=1S/C12H3N7O2/c1-14-10-9(5-13)17-11-12(18-10)16-8-4-6(19(20)21)2-3-7(8)15-11/h2-4H. The Kier molecular flexibility index (Phi) is 2.60. The lowest BCUT2D eigenvalue weighted by Crippen LogP contribution is -1.97. The van der Waals surface area contributed by atoms with Crippen molar-refractivity contribution in [2.75, 3.05) is 0 Å². The Bertz CT molecular complexity index is 1000. The lowest BCUT2D eigenvalue weighted by molar-refractivity contribution is -0.384. The second-order valence-electron chi connectivity index (χ2n) is 3.92. The molecule has 0 bridgehead atoms. The van der Waals surface area contributed by atoms with E-state index in [1.807, 2.05) is 0 Å². The van der Waals surface area contributed by atoms with Crippen LogP contribution in [-0.2, 0) is 0 Å². The normalized spacial score (nSPS) is 10.2. The molecule has 0 N–H and O–H groups in total. The molecule has 3 rings (SSSR count). The number of benzene rings is 1. The molecule has 0 aliphatic carbocycles. The number of hydrogen-bond acceptors (Lipinski definition) is 7. The molecule has 0 radical (unpaired) electrons. The van der Waals surface area contributed by atoms with E-state index in [9.17, 15) is 10.1 Å². The summed E-state index contributed by atoms with van der Waals surface area (Å²) in [5.74, 6) is -0.177. The molecular weight excluding hydrogens is 274 g/mol. The fraction of sp³-hybridized carbons (Fsp3) is 0. The Morgan fingerprint density at radius 2 is 1.90 bits per heavy atom. The molecule has 2 heterocycles. The molecule has 2 aromatic heterocycles. The van der Waals surface area contributed by atoms with Crippen LogP contribution in [0.15, 0.2) is 18.2 Å². The van der Waals surface area contributed by atoms with Crippen LogP contribution in [-0.4, -0.2) is 24.9 Å². The predicted molar refractivity (Wildman–Crippen MR) is 70.3 cm³/mol. The number of rotatable bonds is 1. The molecular formula is C12H3N7O2. The molecule has 21 heavy (non-hydrogen) atoms. The molecule has 0 saturated carbocycles. The number of aromatic nitrogens is 4. The number of nitro benzene ring substituents is 1. The van der Waals surface area contributed by atoms with Gasteiger partial charge in [-0.25, -0.2) is 15.0 Å². The van der Waals surface area contributed by atoms with Gasteiger partial charge in [0.25, 0.3) is 11.3 Å².